The van der Waals surface area contributed by atoms with E-state index in [1.54, 1.807) is 0 Å². The number of ether oxygens (including phenoxy) is 1. The minimum Gasteiger partial charge on any atom is -0.465 e. The highest BCUT2D eigenvalue weighted by molar-refractivity contribution is 5.96. The number of methoxy groups -OCH3 is 1. The van der Waals surface area contributed by atoms with E-state index in [9.17, 15) is 9.18 Å². The highest BCUT2D eigenvalue weighted by atomic mass is 19.1. The zero-order valence-electron chi connectivity index (χ0n) is 11.3. The Hall–Kier alpha value is -1.78. The summed E-state index contributed by atoms with van der Waals surface area (Å²) in [6.07, 6.45) is 2.18. The van der Waals surface area contributed by atoms with Crippen molar-refractivity contribution < 1.29 is 13.9 Å². The summed E-state index contributed by atoms with van der Waals surface area (Å²) in [4.78, 5) is 13.6. The van der Waals surface area contributed by atoms with Crippen molar-refractivity contribution in [2.75, 3.05) is 30.8 Å². The lowest BCUT2D eigenvalue weighted by atomic mass is 9.99. The molecule has 2 N–H and O–H groups in total. The molecule has 104 valence electrons. The molecule has 1 fully saturated rings. The number of nitrogens with two attached hydrogens (primary N) is 1. The average Bonchev–Trinajstić information content (AvgIpc) is 2.38. The van der Waals surface area contributed by atoms with Crippen molar-refractivity contribution in [2.24, 2.45) is 5.92 Å². The molecule has 1 atom stereocenters. The van der Waals surface area contributed by atoms with Gasteiger partial charge in [0.25, 0.3) is 0 Å². The Labute approximate surface area is 112 Å². The van der Waals surface area contributed by atoms with E-state index in [-0.39, 0.29) is 17.1 Å². The third-order valence-corrected chi connectivity index (χ3v) is 3.52. The van der Waals surface area contributed by atoms with Crippen molar-refractivity contribution in [2.45, 2.75) is 19.8 Å². The van der Waals surface area contributed by atoms with Crippen LogP contribution in [0.2, 0.25) is 0 Å². The number of anilines is 2. The molecule has 1 aromatic rings. The molecule has 0 aromatic heterocycles. The Morgan fingerprint density at radius 1 is 1.53 bits per heavy atom. The number of hydrogen-bond donors (Lipinski definition) is 1. The molecule has 4 nitrogen and oxygen atoms in total. The fourth-order valence-electron chi connectivity index (χ4n) is 2.51. The molecule has 2 rings (SSSR count). The first-order valence-electron chi connectivity index (χ1n) is 6.45. The van der Waals surface area contributed by atoms with Gasteiger partial charge in [-0.15, -0.1) is 0 Å². The van der Waals surface area contributed by atoms with Gasteiger partial charge in [0, 0.05) is 18.8 Å². The van der Waals surface area contributed by atoms with Crippen LogP contribution in [0, 0.1) is 11.7 Å². The molecule has 1 aliphatic rings. The van der Waals surface area contributed by atoms with E-state index in [0.717, 1.165) is 25.9 Å². The van der Waals surface area contributed by atoms with Gasteiger partial charge in [0.2, 0.25) is 0 Å². The third kappa shape index (κ3) is 2.80. The van der Waals surface area contributed by atoms with Crippen molar-refractivity contribution in [3.05, 3.63) is 23.5 Å². The number of carbonyl (C=O) groups is 1. The Morgan fingerprint density at radius 2 is 2.26 bits per heavy atom. The van der Waals surface area contributed by atoms with Gasteiger partial charge in [-0.25, -0.2) is 9.18 Å². The van der Waals surface area contributed by atoms with Crippen molar-refractivity contribution in [3.63, 3.8) is 0 Å². The van der Waals surface area contributed by atoms with E-state index in [0.29, 0.717) is 11.6 Å². The highest BCUT2D eigenvalue weighted by Gasteiger charge is 2.22. The lowest BCUT2D eigenvalue weighted by Crippen LogP contribution is -2.35. The number of nitrogen functional groups attached to an aromatic ring is 1. The maximum atomic E-state index is 14.0. The summed E-state index contributed by atoms with van der Waals surface area (Å²) >= 11 is 0. The van der Waals surface area contributed by atoms with Crippen LogP contribution in [0.15, 0.2) is 12.1 Å². The maximum absolute atomic E-state index is 14.0. The Kier molecular flexibility index (Phi) is 3.93. The predicted octanol–water partition coefficient (Wildman–Crippen LogP) is 2.43. The zero-order chi connectivity index (χ0) is 14.0. The van der Waals surface area contributed by atoms with Crippen molar-refractivity contribution in [3.8, 4) is 0 Å². The molecule has 0 radical (unpaired) electrons. The summed E-state index contributed by atoms with van der Waals surface area (Å²) in [5.41, 5.74) is 6.42. The number of nitrogens with zero attached hydrogens (tertiary/aromatic N) is 1. The smallest absolute Gasteiger partial charge is 0.340 e. The van der Waals surface area contributed by atoms with Gasteiger partial charge in [-0.2, -0.15) is 0 Å². The monoisotopic (exact) mass is 266 g/mol. The summed E-state index contributed by atoms with van der Waals surface area (Å²) in [7, 11) is 1.29. The number of rotatable bonds is 2. The topological polar surface area (TPSA) is 55.6 Å². The Morgan fingerprint density at radius 3 is 2.89 bits per heavy atom. The molecule has 1 aliphatic heterocycles. The number of hydrogen-bond acceptors (Lipinski definition) is 4. The summed E-state index contributed by atoms with van der Waals surface area (Å²) in [6.45, 7) is 3.73. The van der Waals surface area contributed by atoms with Crippen LogP contribution in [-0.4, -0.2) is 26.2 Å². The summed E-state index contributed by atoms with van der Waals surface area (Å²) in [6, 6.07) is 2.69. The zero-order valence-corrected chi connectivity index (χ0v) is 11.3. The number of esters is 1. The maximum Gasteiger partial charge on any atom is 0.340 e. The number of carbonyl (C=O) groups excluding carboxylic acids is 1. The van der Waals surface area contributed by atoms with E-state index >= 15 is 0 Å². The first kappa shape index (κ1) is 13.6. The van der Waals surface area contributed by atoms with Gasteiger partial charge in [-0.3, -0.25) is 0 Å². The number of piperidine rings is 1. The minimum atomic E-state index is -0.538. The lowest BCUT2D eigenvalue weighted by molar-refractivity contribution is 0.0602. The van der Waals surface area contributed by atoms with Crippen molar-refractivity contribution >= 4 is 17.3 Å². The minimum absolute atomic E-state index is 0.109. The highest BCUT2D eigenvalue weighted by Crippen LogP contribution is 2.29. The normalized spacial score (nSPS) is 19.3. The molecule has 0 amide bonds. The molecule has 1 unspecified atom stereocenters. The van der Waals surface area contributed by atoms with E-state index in [1.807, 2.05) is 4.90 Å². The molecular formula is C14H19FN2O2. The van der Waals surface area contributed by atoms with Crippen LogP contribution in [0.5, 0.6) is 0 Å². The second-order valence-electron chi connectivity index (χ2n) is 5.08. The van der Waals surface area contributed by atoms with Gasteiger partial charge in [-0.05, 0) is 30.9 Å². The van der Waals surface area contributed by atoms with Gasteiger partial charge in [-0.1, -0.05) is 6.92 Å². The lowest BCUT2D eigenvalue weighted by Gasteiger charge is -2.33. The van der Waals surface area contributed by atoms with Crippen molar-refractivity contribution in [1.82, 2.24) is 0 Å². The van der Waals surface area contributed by atoms with Crippen LogP contribution in [0.25, 0.3) is 0 Å². The van der Waals surface area contributed by atoms with Crippen LogP contribution < -0.4 is 10.6 Å². The van der Waals surface area contributed by atoms with Crippen LogP contribution in [0.3, 0.4) is 0 Å². The molecule has 1 saturated heterocycles. The molecule has 5 heteroatoms. The van der Waals surface area contributed by atoms with Gasteiger partial charge in [0.05, 0.1) is 18.4 Å². The number of benzene rings is 1. The molecule has 1 aromatic carbocycles. The summed E-state index contributed by atoms with van der Waals surface area (Å²) in [5, 5.41) is 0. The largest absolute Gasteiger partial charge is 0.465 e. The van der Waals surface area contributed by atoms with Crippen LogP contribution in [-0.2, 0) is 4.74 Å². The Balaban J connectivity index is 2.36. The molecule has 0 bridgehead atoms. The van der Waals surface area contributed by atoms with Gasteiger partial charge in [0.1, 0.15) is 5.82 Å². The van der Waals surface area contributed by atoms with Gasteiger partial charge >= 0.3 is 5.97 Å². The fraction of sp³-hybridized carbons (Fsp3) is 0.500. The molecular weight excluding hydrogens is 247 g/mol. The van der Waals surface area contributed by atoms with E-state index in [4.69, 9.17) is 5.73 Å². The van der Waals surface area contributed by atoms with Crippen LogP contribution in [0.1, 0.15) is 30.1 Å². The van der Waals surface area contributed by atoms with Gasteiger partial charge in [0.15, 0.2) is 0 Å². The second kappa shape index (κ2) is 5.47. The molecule has 19 heavy (non-hydrogen) atoms. The van der Waals surface area contributed by atoms with E-state index in [1.165, 1.54) is 19.2 Å². The summed E-state index contributed by atoms with van der Waals surface area (Å²) < 4.78 is 18.7. The predicted molar refractivity (Wildman–Crippen MR) is 72.8 cm³/mol. The number of halogens is 1. The van der Waals surface area contributed by atoms with Crippen molar-refractivity contribution in [1.29, 1.82) is 0 Å². The van der Waals surface area contributed by atoms with Crippen LogP contribution >= 0.6 is 0 Å². The SMILES string of the molecule is COC(=O)c1cc(N2CCCC(C)C2)c(F)cc1N. The first-order chi connectivity index (χ1) is 9.02. The molecule has 0 aliphatic carbocycles. The quantitative estimate of drug-likeness (QED) is 0.660. The first-order valence-corrected chi connectivity index (χ1v) is 6.45. The van der Waals surface area contributed by atoms with E-state index in [2.05, 4.69) is 11.7 Å². The van der Waals surface area contributed by atoms with Crippen LogP contribution in [0.4, 0.5) is 15.8 Å². The van der Waals surface area contributed by atoms with Gasteiger partial charge < -0.3 is 15.4 Å². The summed E-state index contributed by atoms with van der Waals surface area (Å²) in [5.74, 6) is -0.407. The standard InChI is InChI=1S/C14H19FN2O2/c1-9-4-3-5-17(8-9)13-6-10(14(18)19-2)12(16)7-11(13)15/h6-7,9H,3-5,8,16H2,1-2H3. The van der Waals surface area contributed by atoms with E-state index < -0.39 is 5.97 Å². The molecule has 1 heterocycles. The third-order valence-electron chi connectivity index (χ3n) is 3.52. The fourth-order valence-corrected chi connectivity index (χ4v) is 2.51. The Bertz CT molecular complexity index is 491. The average molecular weight is 266 g/mol. The molecule has 0 saturated carbocycles. The molecule has 0 spiro atoms. The second-order valence-corrected chi connectivity index (χ2v) is 5.08.